The lowest BCUT2D eigenvalue weighted by Crippen LogP contribution is -2.50. The summed E-state index contributed by atoms with van der Waals surface area (Å²) in [5.74, 6) is -3.88. The van der Waals surface area contributed by atoms with Crippen molar-refractivity contribution in [2.45, 2.75) is 13.8 Å². The van der Waals surface area contributed by atoms with Crippen molar-refractivity contribution in [3.05, 3.63) is 58.9 Å². The van der Waals surface area contributed by atoms with Gasteiger partial charge in [0.2, 0.25) is 0 Å². The highest BCUT2D eigenvalue weighted by molar-refractivity contribution is 5.89. The Morgan fingerprint density at radius 2 is 1.62 bits per heavy atom. The first-order valence-corrected chi connectivity index (χ1v) is 8.38. The zero-order valence-corrected chi connectivity index (χ0v) is 14.7. The van der Waals surface area contributed by atoms with Gasteiger partial charge in [0.1, 0.15) is 0 Å². The van der Waals surface area contributed by atoms with E-state index in [2.05, 4.69) is 5.32 Å². The minimum absolute atomic E-state index is 0.0121. The molecule has 1 aliphatic heterocycles. The summed E-state index contributed by atoms with van der Waals surface area (Å²) in [5, 5.41) is 2.85. The summed E-state index contributed by atoms with van der Waals surface area (Å²) in [5.41, 5.74) is 2.96. The SMILES string of the molecule is Cc1ccc(NC(=O)N2CCN(c3ccc(F)c(F)c3F)CC2)cc1C. The quantitative estimate of drug-likeness (QED) is 0.817. The molecule has 4 nitrogen and oxygen atoms in total. The molecule has 1 aliphatic rings. The van der Waals surface area contributed by atoms with Gasteiger partial charge in [-0.05, 0) is 49.2 Å². The highest BCUT2D eigenvalue weighted by Crippen LogP contribution is 2.25. The molecular weight excluding hydrogens is 343 g/mol. The van der Waals surface area contributed by atoms with Gasteiger partial charge >= 0.3 is 6.03 Å². The zero-order valence-electron chi connectivity index (χ0n) is 14.7. The fourth-order valence-electron chi connectivity index (χ4n) is 2.93. The monoisotopic (exact) mass is 363 g/mol. The smallest absolute Gasteiger partial charge is 0.321 e. The molecule has 2 amide bonds. The van der Waals surface area contributed by atoms with Crippen LogP contribution >= 0.6 is 0 Å². The molecule has 0 radical (unpaired) electrons. The van der Waals surface area contributed by atoms with Crippen molar-refractivity contribution in [3.63, 3.8) is 0 Å². The Morgan fingerprint density at radius 3 is 2.27 bits per heavy atom. The molecule has 3 rings (SSSR count). The Hall–Kier alpha value is -2.70. The lowest BCUT2D eigenvalue weighted by atomic mass is 10.1. The van der Waals surface area contributed by atoms with Crippen LogP contribution in [0.5, 0.6) is 0 Å². The van der Waals surface area contributed by atoms with E-state index in [0.29, 0.717) is 31.9 Å². The highest BCUT2D eigenvalue weighted by Gasteiger charge is 2.25. The van der Waals surface area contributed by atoms with Gasteiger partial charge in [0.25, 0.3) is 0 Å². The first-order valence-electron chi connectivity index (χ1n) is 8.38. The third-order valence-corrected chi connectivity index (χ3v) is 4.68. The Balaban J connectivity index is 1.62. The van der Waals surface area contributed by atoms with Gasteiger partial charge in [-0.2, -0.15) is 0 Å². The molecule has 2 aromatic carbocycles. The molecule has 1 saturated heterocycles. The minimum atomic E-state index is -1.47. The molecule has 0 atom stereocenters. The van der Waals surface area contributed by atoms with E-state index in [0.717, 1.165) is 17.2 Å². The number of halogens is 3. The minimum Gasteiger partial charge on any atom is -0.366 e. The number of benzene rings is 2. The number of rotatable bonds is 2. The fraction of sp³-hybridized carbons (Fsp3) is 0.316. The predicted molar refractivity (Wildman–Crippen MR) is 95.0 cm³/mol. The Kier molecular flexibility index (Phi) is 5.06. The maximum Gasteiger partial charge on any atom is 0.321 e. The molecule has 1 heterocycles. The van der Waals surface area contributed by atoms with Crippen molar-refractivity contribution >= 4 is 17.4 Å². The van der Waals surface area contributed by atoms with Crippen molar-refractivity contribution in [3.8, 4) is 0 Å². The average molecular weight is 363 g/mol. The number of nitrogens with one attached hydrogen (secondary N) is 1. The summed E-state index contributed by atoms with van der Waals surface area (Å²) in [6, 6.07) is 7.58. The molecule has 0 unspecified atom stereocenters. The van der Waals surface area contributed by atoms with Crippen molar-refractivity contribution < 1.29 is 18.0 Å². The molecule has 0 spiro atoms. The van der Waals surface area contributed by atoms with E-state index < -0.39 is 17.5 Å². The van der Waals surface area contributed by atoms with E-state index in [4.69, 9.17) is 0 Å². The van der Waals surface area contributed by atoms with E-state index in [1.807, 2.05) is 32.0 Å². The molecule has 1 N–H and O–H groups in total. The van der Waals surface area contributed by atoms with Crippen LogP contribution in [0, 0.1) is 31.3 Å². The molecule has 2 aromatic rings. The van der Waals surface area contributed by atoms with E-state index >= 15 is 0 Å². The third-order valence-electron chi connectivity index (χ3n) is 4.68. The lowest BCUT2D eigenvalue weighted by Gasteiger charge is -2.36. The standard InChI is InChI=1S/C19H20F3N3O/c1-12-3-4-14(11-13(12)2)23-19(26)25-9-7-24(8-10-25)16-6-5-15(20)17(21)18(16)22/h3-6,11H,7-10H2,1-2H3,(H,23,26). The third kappa shape index (κ3) is 3.61. The maximum absolute atomic E-state index is 13.9. The van der Waals surface area contributed by atoms with Crippen molar-refractivity contribution in [2.24, 2.45) is 0 Å². The van der Waals surface area contributed by atoms with Gasteiger partial charge in [-0.1, -0.05) is 6.07 Å². The second kappa shape index (κ2) is 7.27. The number of hydrogen-bond donors (Lipinski definition) is 1. The van der Waals surface area contributed by atoms with Crippen LogP contribution in [-0.4, -0.2) is 37.1 Å². The highest BCUT2D eigenvalue weighted by atomic mass is 19.2. The van der Waals surface area contributed by atoms with Crippen LogP contribution < -0.4 is 10.2 Å². The molecule has 0 aromatic heterocycles. The van der Waals surface area contributed by atoms with Gasteiger partial charge in [-0.25, -0.2) is 18.0 Å². The number of urea groups is 1. The van der Waals surface area contributed by atoms with Crippen molar-refractivity contribution in [2.75, 3.05) is 36.4 Å². The number of carbonyl (C=O) groups excluding carboxylic acids is 1. The predicted octanol–water partition coefficient (Wildman–Crippen LogP) is 4.07. The normalized spacial score (nSPS) is 14.5. The number of hydrogen-bond acceptors (Lipinski definition) is 2. The first kappa shape index (κ1) is 18.1. The average Bonchev–Trinajstić information content (AvgIpc) is 2.63. The largest absolute Gasteiger partial charge is 0.366 e. The van der Waals surface area contributed by atoms with Gasteiger partial charge in [0, 0.05) is 31.9 Å². The van der Waals surface area contributed by atoms with Crippen LogP contribution in [0.4, 0.5) is 29.3 Å². The summed E-state index contributed by atoms with van der Waals surface area (Å²) in [6.07, 6.45) is 0. The molecule has 0 saturated carbocycles. The van der Waals surface area contributed by atoms with Crippen LogP contribution in [0.2, 0.25) is 0 Å². The number of piperazine rings is 1. The van der Waals surface area contributed by atoms with Gasteiger partial charge in [-0.15, -0.1) is 0 Å². The fourth-order valence-corrected chi connectivity index (χ4v) is 2.93. The summed E-state index contributed by atoms with van der Waals surface area (Å²) >= 11 is 0. The molecule has 0 aliphatic carbocycles. The second-order valence-corrected chi connectivity index (χ2v) is 6.40. The number of amides is 2. The van der Waals surface area contributed by atoms with E-state index in [9.17, 15) is 18.0 Å². The molecule has 1 fully saturated rings. The van der Waals surface area contributed by atoms with Gasteiger partial charge < -0.3 is 15.1 Å². The van der Waals surface area contributed by atoms with Crippen LogP contribution in [0.25, 0.3) is 0 Å². The summed E-state index contributed by atoms with van der Waals surface area (Å²) < 4.78 is 40.4. The Labute approximate surface area is 150 Å². The number of carbonyl (C=O) groups is 1. The molecule has 7 heteroatoms. The van der Waals surface area contributed by atoms with Gasteiger partial charge in [0.05, 0.1) is 5.69 Å². The topological polar surface area (TPSA) is 35.6 Å². The van der Waals surface area contributed by atoms with E-state index in [1.54, 1.807) is 9.80 Å². The van der Waals surface area contributed by atoms with E-state index in [1.165, 1.54) is 6.07 Å². The van der Waals surface area contributed by atoms with E-state index in [-0.39, 0.29) is 11.7 Å². The maximum atomic E-state index is 13.9. The number of anilines is 2. The molecule has 0 bridgehead atoms. The molecular formula is C19H20F3N3O. The number of nitrogens with zero attached hydrogens (tertiary/aromatic N) is 2. The van der Waals surface area contributed by atoms with Crippen LogP contribution in [-0.2, 0) is 0 Å². The van der Waals surface area contributed by atoms with Gasteiger partial charge in [0.15, 0.2) is 17.5 Å². The summed E-state index contributed by atoms with van der Waals surface area (Å²) in [6.45, 7) is 5.35. The van der Waals surface area contributed by atoms with Crippen LogP contribution in [0.1, 0.15) is 11.1 Å². The van der Waals surface area contributed by atoms with Crippen LogP contribution in [0.15, 0.2) is 30.3 Å². The van der Waals surface area contributed by atoms with Gasteiger partial charge in [-0.3, -0.25) is 0 Å². The van der Waals surface area contributed by atoms with Crippen LogP contribution in [0.3, 0.4) is 0 Å². The summed E-state index contributed by atoms with van der Waals surface area (Å²) in [4.78, 5) is 15.6. The Bertz CT molecular complexity index is 833. The second-order valence-electron chi connectivity index (χ2n) is 6.40. The lowest BCUT2D eigenvalue weighted by molar-refractivity contribution is 0.208. The zero-order chi connectivity index (χ0) is 18.8. The van der Waals surface area contributed by atoms with Crippen molar-refractivity contribution in [1.82, 2.24) is 4.90 Å². The first-order chi connectivity index (χ1) is 12.4. The summed E-state index contributed by atoms with van der Waals surface area (Å²) in [7, 11) is 0. The Morgan fingerprint density at radius 1 is 0.923 bits per heavy atom. The van der Waals surface area contributed by atoms with Crippen molar-refractivity contribution in [1.29, 1.82) is 0 Å². The number of aryl methyl sites for hydroxylation is 2. The molecule has 26 heavy (non-hydrogen) atoms. The molecule has 138 valence electrons.